The van der Waals surface area contributed by atoms with E-state index >= 15 is 0 Å². The maximum atomic E-state index is 13.2. The Hall–Kier alpha value is -0.830. The highest BCUT2D eigenvalue weighted by Gasteiger charge is 2.35. The molecule has 0 aromatic carbocycles. The number of likely N-dealkylation sites (N-methyl/N-ethyl adjacent to an activating group) is 1. The quantitative estimate of drug-likeness (QED) is 0.0296. The lowest BCUT2D eigenvalue weighted by atomic mass is 10.0. The highest BCUT2D eigenvalue weighted by molar-refractivity contribution is 7.45. The number of nitrogens with zero attached hydrogens (tertiary/aromatic N) is 1. The van der Waals surface area contributed by atoms with Gasteiger partial charge in [0, 0.05) is 12.8 Å². The minimum Gasteiger partial charge on any atom is -0.756 e. The van der Waals surface area contributed by atoms with Crippen LogP contribution in [0, 0.1) is 0 Å². The first-order valence-corrected chi connectivity index (χ1v) is 21.2. The number of hydrogen-bond acceptors (Lipinski definition) is 8. The van der Waals surface area contributed by atoms with Crippen molar-refractivity contribution >= 4 is 19.6 Å². The molecule has 0 saturated heterocycles. The second kappa shape index (κ2) is 30.9. The Kier molecular flexibility index (Phi) is 30.4. The summed E-state index contributed by atoms with van der Waals surface area (Å²) in [6, 6.07) is 0. The summed E-state index contributed by atoms with van der Waals surface area (Å²) in [5.41, 5.74) is 0. The van der Waals surface area contributed by atoms with E-state index in [4.69, 9.17) is 13.8 Å². The summed E-state index contributed by atoms with van der Waals surface area (Å²) in [7, 11) is 0.802. The number of carbonyl (C=O) groups excluding carboxylic acids is 2. The molecule has 9 nitrogen and oxygen atoms in total. The second-order valence-electron chi connectivity index (χ2n) is 14.8. The van der Waals surface area contributed by atoms with Crippen molar-refractivity contribution in [2.45, 2.75) is 193 Å². The summed E-state index contributed by atoms with van der Waals surface area (Å²) in [6.07, 6.45) is 25.0. The fraction of sp³-hybridized carbons (Fsp3) is 0.947. The number of phosphoric acid groups is 1. The molecule has 0 spiro atoms. The van der Waals surface area contributed by atoms with Crippen LogP contribution in [0.5, 0.6) is 0 Å². The van der Waals surface area contributed by atoms with E-state index in [1.54, 1.807) is 0 Å². The van der Waals surface area contributed by atoms with E-state index in [1.165, 1.54) is 103 Å². The van der Waals surface area contributed by atoms with E-state index in [2.05, 4.69) is 13.8 Å². The highest BCUT2D eigenvalue weighted by Crippen LogP contribution is 2.41. The summed E-state index contributed by atoms with van der Waals surface area (Å²) >= 11 is 0. The molecule has 10 heteroatoms. The van der Waals surface area contributed by atoms with Crippen LogP contribution in [0.3, 0.4) is 0 Å². The third-order valence-corrected chi connectivity index (χ3v) is 9.87. The molecule has 0 bridgehead atoms. The minimum absolute atomic E-state index is 0.0769. The van der Waals surface area contributed by atoms with Gasteiger partial charge in [0.15, 0.2) is 18.0 Å². The largest absolute Gasteiger partial charge is 0.756 e. The Morgan fingerprint density at radius 3 is 1.40 bits per heavy atom. The van der Waals surface area contributed by atoms with Crippen molar-refractivity contribution < 1.29 is 42.4 Å². The van der Waals surface area contributed by atoms with E-state index < -0.39 is 38.4 Å². The number of rotatable bonds is 36. The van der Waals surface area contributed by atoms with Gasteiger partial charge in [-0.25, -0.2) is 0 Å². The van der Waals surface area contributed by atoms with Crippen LogP contribution in [0.1, 0.15) is 181 Å². The van der Waals surface area contributed by atoms with Crippen molar-refractivity contribution in [2.75, 3.05) is 40.9 Å². The van der Waals surface area contributed by atoms with Gasteiger partial charge in [-0.2, -0.15) is 0 Å². The Balaban J connectivity index is 4.71. The molecule has 0 aliphatic carbocycles. The number of Topliss-reactive ketones (excluding diaryl/α,β-unsaturated/α-hetero) is 1. The summed E-state index contributed by atoms with van der Waals surface area (Å²) in [4.78, 5) is 38.6. The maximum absolute atomic E-state index is 13.2. The van der Waals surface area contributed by atoms with Crippen LogP contribution in [0.25, 0.3) is 0 Å². The molecule has 0 aromatic heterocycles. The predicted molar refractivity (Wildman–Crippen MR) is 195 cm³/mol. The van der Waals surface area contributed by atoms with Gasteiger partial charge in [0.1, 0.15) is 13.2 Å². The number of aliphatic hydroxyl groups excluding tert-OH is 1. The minimum atomic E-state index is -4.90. The molecular weight excluding hydrogens is 629 g/mol. The molecule has 0 amide bonds. The number of quaternary nitrogens is 1. The van der Waals surface area contributed by atoms with Gasteiger partial charge >= 0.3 is 5.97 Å². The number of ketones is 1. The van der Waals surface area contributed by atoms with Crippen LogP contribution >= 0.6 is 7.82 Å². The van der Waals surface area contributed by atoms with Gasteiger partial charge in [-0.05, 0) is 12.8 Å². The zero-order valence-corrected chi connectivity index (χ0v) is 32.8. The van der Waals surface area contributed by atoms with Gasteiger partial charge in [-0.15, -0.1) is 0 Å². The lowest BCUT2D eigenvalue weighted by Crippen LogP contribution is -2.43. The van der Waals surface area contributed by atoms with Crippen LogP contribution in [-0.4, -0.2) is 74.5 Å². The van der Waals surface area contributed by atoms with Crippen molar-refractivity contribution in [1.82, 2.24) is 0 Å². The van der Waals surface area contributed by atoms with Gasteiger partial charge in [0.2, 0.25) is 0 Å². The number of aliphatic hydroxyl groups is 1. The molecule has 0 aliphatic rings. The van der Waals surface area contributed by atoms with Crippen LogP contribution in [-0.2, 0) is 27.9 Å². The third-order valence-electron chi connectivity index (χ3n) is 8.88. The van der Waals surface area contributed by atoms with Crippen molar-refractivity contribution in [1.29, 1.82) is 0 Å². The molecule has 0 radical (unpaired) electrons. The Morgan fingerprint density at radius 2 is 1.02 bits per heavy atom. The first-order chi connectivity index (χ1) is 23.0. The molecule has 0 fully saturated rings. The zero-order valence-electron chi connectivity index (χ0n) is 31.9. The van der Waals surface area contributed by atoms with Gasteiger partial charge < -0.3 is 28.3 Å². The highest BCUT2D eigenvalue weighted by atomic mass is 31.2. The van der Waals surface area contributed by atoms with Gasteiger partial charge in [0.25, 0.3) is 7.82 Å². The SMILES string of the molecule is CCCCCCCCCCCCCCCC(=O)O[C@@H](CO)C(OP(=O)([O-])OCC[N+](C)(C)C)C(=O)CCCCCCCCCCCCC. The Bertz CT molecular complexity index is 819. The molecular formula is C38H76NO8P. The second-order valence-corrected chi connectivity index (χ2v) is 16.1. The number of ether oxygens (including phenoxy) is 1. The van der Waals surface area contributed by atoms with Gasteiger partial charge in [0.05, 0.1) is 27.7 Å². The first-order valence-electron chi connectivity index (χ1n) is 19.7. The lowest BCUT2D eigenvalue weighted by Gasteiger charge is -2.32. The molecule has 0 heterocycles. The van der Waals surface area contributed by atoms with Crippen LogP contribution in [0.2, 0.25) is 0 Å². The summed E-state index contributed by atoms with van der Waals surface area (Å²) in [6.45, 7) is 4.02. The predicted octanol–water partition coefficient (Wildman–Crippen LogP) is 9.22. The van der Waals surface area contributed by atoms with E-state index in [0.717, 1.165) is 38.5 Å². The number of unbranched alkanes of at least 4 members (excludes halogenated alkanes) is 22. The molecule has 0 aromatic rings. The summed E-state index contributed by atoms with van der Waals surface area (Å²) in [5.74, 6) is -1.08. The van der Waals surface area contributed by atoms with Crippen molar-refractivity contribution in [3.63, 3.8) is 0 Å². The zero-order chi connectivity index (χ0) is 35.9. The fourth-order valence-electron chi connectivity index (χ4n) is 5.75. The van der Waals surface area contributed by atoms with E-state index in [-0.39, 0.29) is 19.4 Å². The molecule has 2 unspecified atom stereocenters. The van der Waals surface area contributed by atoms with E-state index in [9.17, 15) is 24.2 Å². The molecule has 0 saturated carbocycles. The molecule has 48 heavy (non-hydrogen) atoms. The van der Waals surface area contributed by atoms with E-state index in [1.807, 2.05) is 21.1 Å². The molecule has 286 valence electrons. The van der Waals surface area contributed by atoms with Crippen LogP contribution < -0.4 is 4.89 Å². The topological polar surface area (TPSA) is 122 Å². The average molecular weight is 706 g/mol. The molecule has 3 atom stereocenters. The lowest BCUT2D eigenvalue weighted by molar-refractivity contribution is -0.870. The summed E-state index contributed by atoms with van der Waals surface area (Å²) in [5, 5.41) is 10.1. The third kappa shape index (κ3) is 30.0. The van der Waals surface area contributed by atoms with Crippen molar-refractivity contribution in [2.24, 2.45) is 0 Å². The fourth-order valence-corrected chi connectivity index (χ4v) is 6.64. The molecule has 1 N–H and O–H groups in total. The number of phosphoric ester groups is 1. The Morgan fingerprint density at radius 1 is 0.646 bits per heavy atom. The van der Waals surface area contributed by atoms with Crippen molar-refractivity contribution in [3.8, 4) is 0 Å². The molecule has 0 aliphatic heterocycles. The van der Waals surface area contributed by atoms with Crippen LogP contribution in [0.4, 0.5) is 0 Å². The van der Waals surface area contributed by atoms with Gasteiger partial charge in [-0.1, -0.05) is 155 Å². The normalized spacial score (nSPS) is 14.5. The smallest absolute Gasteiger partial charge is 0.306 e. The monoisotopic (exact) mass is 706 g/mol. The maximum Gasteiger partial charge on any atom is 0.306 e. The number of carbonyl (C=O) groups is 2. The van der Waals surface area contributed by atoms with Crippen LogP contribution in [0.15, 0.2) is 0 Å². The van der Waals surface area contributed by atoms with Crippen molar-refractivity contribution in [3.05, 3.63) is 0 Å². The van der Waals surface area contributed by atoms with E-state index in [0.29, 0.717) is 23.9 Å². The molecule has 0 rings (SSSR count). The van der Waals surface area contributed by atoms with Gasteiger partial charge in [-0.3, -0.25) is 14.2 Å². The standard InChI is InChI=1S/C38H76NO8P/c1-6-8-10-12-14-16-18-19-21-23-25-27-29-31-37(42)46-36(34-40)38(47-48(43,44)45-33-32-39(3,4)5)35(41)30-28-26-24-22-20-17-15-13-11-9-7-2/h36,38,40H,6-34H2,1-5H3/t36-,38?/m0/s1. The summed E-state index contributed by atoms with van der Waals surface area (Å²) < 4.78 is 28.9. The number of hydrogen-bond donors (Lipinski definition) is 1. The average Bonchev–Trinajstić information content (AvgIpc) is 3.02. The number of esters is 1. The Labute approximate surface area is 295 Å². The first kappa shape index (κ1) is 47.2.